The molecule has 1 N–H and O–H groups in total. The molecule has 0 amide bonds. The van der Waals surface area contributed by atoms with E-state index in [2.05, 4.69) is 5.32 Å². The van der Waals surface area contributed by atoms with Gasteiger partial charge in [-0.25, -0.2) is 0 Å². The molecule has 18 heavy (non-hydrogen) atoms. The van der Waals surface area contributed by atoms with E-state index in [0.29, 0.717) is 13.1 Å². The molecule has 2 fully saturated rings. The van der Waals surface area contributed by atoms with E-state index in [4.69, 9.17) is 4.74 Å². The van der Waals surface area contributed by atoms with Crippen molar-refractivity contribution < 1.29 is 13.2 Å². The van der Waals surface area contributed by atoms with Crippen LogP contribution in [0.3, 0.4) is 0 Å². The fourth-order valence-electron chi connectivity index (χ4n) is 2.64. The van der Waals surface area contributed by atoms with E-state index in [1.54, 1.807) is 11.4 Å². The predicted molar refractivity (Wildman–Crippen MR) is 69.5 cm³/mol. The van der Waals surface area contributed by atoms with Gasteiger partial charge in [-0.15, -0.1) is 0 Å². The fraction of sp³-hybridized carbons (Fsp3) is 1.00. The van der Waals surface area contributed by atoms with Crippen molar-refractivity contribution in [1.29, 1.82) is 0 Å². The molecule has 106 valence electrons. The highest BCUT2D eigenvalue weighted by Crippen LogP contribution is 2.19. The molecule has 2 saturated heterocycles. The Bertz CT molecular complexity index is 371. The minimum Gasteiger partial charge on any atom is -0.373 e. The Morgan fingerprint density at radius 3 is 2.39 bits per heavy atom. The van der Waals surface area contributed by atoms with Crippen LogP contribution in [0.2, 0.25) is 0 Å². The highest BCUT2D eigenvalue weighted by molar-refractivity contribution is 7.86. The van der Waals surface area contributed by atoms with Crippen LogP contribution < -0.4 is 5.32 Å². The number of hydrogen-bond donors (Lipinski definition) is 1. The Kier molecular flexibility index (Phi) is 4.28. The van der Waals surface area contributed by atoms with Crippen LogP contribution in [0.4, 0.5) is 0 Å². The number of hydrogen-bond acceptors (Lipinski definition) is 4. The summed E-state index contributed by atoms with van der Waals surface area (Å²) in [6.45, 7) is 6.34. The normalized spacial score (nSPS) is 35.2. The molecule has 6 nitrogen and oxygen atoms in total. The molecule has 3 atom stereocenters. The van der Waals surface area contributed by atoms with Gasteiger partial charge in [0.05, 0.1) is 12.2 Å². The van der Waals surface area contributed by atoms with Gasteiger partial charge >= 0.3 is 0 Å². The van der Waals surface area contributed by atoms with E-state index < -0.39 is 10.2 Å². The van der Waals surface area contributed by atoms with Crippen molar-refractivity contribution in [1.82, 2.24) is 13.9 Å². The summed E-state index contributed by atoms with van der Waals surface area (Å²) in [5.41, 5.74) is 0. The summed E-state index contributed by atoms with van der Waals surface area (Å²) < 4.78 is 33.7. The molecule has 0 saturated carbocycles. The fourth-order valence-corrected chi connectivity index (χ4v) is 4.36. The molecule has 2 rings (SSSR count). The van der Waals surface area contributed by atoms with Gasteiger partial charge in [-0.2, -0.15) is 17.0 Å². The van der Waals surface area contributed by atoms with Gasteiger partial charge in [0.15, 0.2) is 0 Å². The molecule has 0 unspecified atom stereocenters. The number of likely N-dealkylation sites (N-methyl/N-ethyl adjacent to an activating group) is 1. The molecule has 0 aromatic carbocycles. The summed E-state index contributed by atoms with van der Waals surface area (Å²) in [5.74, 6) is 0. The Morgan fingerprint density at radius 1 is 1.28 bits per heavy atom. The van der Waals surface area contributed by atoms with Crippen LogP contribution >= 0.6 is 0 Å². The smallest absolute Gasteiger partial charge is 0.282 e. The van der Waals surface area contributed by atoms with Crippen molar-refractivity contribution >= 4 is 10.2 Å². The Morgan fingerprint density at radius 2 is 1.89 bits per heavy atom. The van der Waals surface area contributed by atoms with Crippen molar-refractivity contribution in [3.63, 3.8) is 0 Å². The van der Waals surface area contributed by atoms with Crippen LogP contribution in [0.25, 0.3) is 0 Å². The zero-order valence-corrected chi connectivity index (χ0v) is 12.1. The zero-order valence-electron chi connectivity index (χ0n) is 11.3. The first-order valence-electron chi connectivity index (χ1n) is 6.50. The maximum absolute atomic E-state index is 12.5. The molecule has 7 heteroatoms. The van der Waals surface area contributed by atoms with E-state index in [1.165, 1.54) is 4.31 Å². The Balaban J connectivity index is 2.09. The van der Waals surface area contributed by atoms with Crippen LogP contribution in [-0.2, 0) is 14.9 Å². The number of nitrogens with one attached hydrogen (secondary N) is 1. The van der Waals surface area contributed by atoms with Gasteiger partial charge in [-0.1, -0.05) is 0 Å². The van der Waals surface area contributed by atoms with Crippen LogP contribution in [0.15, 0.2) is 0 Å². The van der Waals surface area contributed by atoms with Gasteiger partial charge in [0.2, 0.25) is 0 Å². The molecule has 0 aliphatic carbocycles. The summed E-state index contributed by atoms with van der Waals surface area (Å²) in [7, 11) is -1.69. The maximum Gasteiger partial charge on any atom is 0.282 e. The van der Waals surface area contributed by atoms with Crippen LogP contribution in [0.5, 0.6) is 0 Å². The van der Waals surface area contributed by atoms with Crippen LogP contribution in [0, 0.1) is 0 Å². The van der Waals surface area contributed by atoms with Gasteiger partial charge in [0.1, 0.15) is 0 Å². The highest BCUT2D eigenvalue weighted by Gasteiger charge is 2.37. The topological polar surface area (TPSA) is 61.9 Å². The number of nitrogens with zero attached hydrogens (tertiary/aromatic N) is 2. The molecule has 2 aliphatic heterocycles. The summed E-state index contributed by atoms with van der Waals surface area (Å²) in [5, 5.41) is 3.20. The zero-order chi connectivity index (χ0) is 13.3. The summed E-state index contributed by atoms with van der Waals surface area (Å²) in [6, 6.07) is 0.0726. The Labute approximate surface area is 109 Å². The molecular weight excluding hydrogens is 254 g/mol. The van der Waals surface area contributed by atoms with E-state index >= 15 is 0 Å². The third-order valence-corrected chi connectivity index (χ3v) is 5.60. The van der Waals surface area contributed by atoms with Gasteiger partial charge in [0, 0.05) is 32.7 Å². The number of rotatable bonds is 3. The molecule has 0 aromatic rings. The van der Waals surface area contributed by atoms with Gasteiger partial charge < -0.3 is 10.1 Å². The van der Waals surface area contributed by atoms with Gasteiger partial charge in [-0.3, -0.25) is 0 Å². The van der Waals surface area contributed by atoms with Crippen molar-refractivity contribution in [3.8, 4) is 0 Å². The first kappa shape index (κ1) is 14.2. The standard InChI is InChI=1S/C11H23N3O3S/c1-9-7-14(8-10(2)17-9)18(15,16)13(3)11-4-5-12-6-11/h9-12H,4-8H2,1-3H3/t9-,10-,11-/m1/s1. The van der Waals surface area contributed by atoms with Crippen molar-refractivity contribution in [3.05, 3.63) is 0 Å². The second-order valence-electron chi connectivity index (χ2n) is 5.24. The summed E-state index contributed by atoms with van der Waals surface area (Å²) in [4.78, 5) is 0. The molecular formula is C11H23N3O3S. The van der Waals surface area contributed by atoms with E-state index in [1.807, 2.05) is 13.8 Å². The molecule has 0 spiro atoms. The van der Waals surface area contributed by atoms with E-state index in [0.717, 1.165) is 19.5 Å². The first-order chi connectivity index (χ1) is 8.41. The largest absolute Gasteiger partial charge is 0.373 e. The lowest BCUT2D eigenvalue weighted by atomic mass is 10.3. The second-order valence-corrected chi connectivity index (χ2v) is 7.23. The van der Waals surface area contributed by atoms with E-state index in [-0.39, 0.29) is 18.2 Å². The molecule has 2 aliphatic rings. The highest BCUT2D eigenvalue weighted by atomic mass is 32.2. The summed E-state index contributed by atoms with van der Waals surface area (Å²) in [6.07, 6.45) is 0.794. The average Bonchev–Trinajstić information content (AvgIpc) is 2.79. The lowest BCUT2D eigenvalue weighted by Gasteiger charge is -2.37. The average molecular weight is 277 g/mol. The minimum atomic E-state index is -3.36. The SMILES string of the molecule is C[C@@H]1CN(S(=O)(=O)N(C)[C@@H]2CCNC2)C[C@@H](C)O1. The molecule has 0 bridgehead atoms. The number of ether oxygens (including phenoxy) is 1. The molecule has 0 radical (unpaired) electrons. The van der Waals surface area contributed by atoms with E-state index in [9.17, 15) is 8.42 Å². The van der Waals surface area contributed by atoms with Gasteiger partial charge in [0.25, 0.3) is 10.2 Å². The monoisotopic (exact) mass is 277 g/mol. The maximum atomic E-state index is 12.5. The lowest BCUT2D eigenvalue weighted by molar-refractivity contribution is -0.0455. The van der Waals surface area contributed by atoms with Crippen molar-refractivity contribution in [2.24, 2.45) is 0 Å². The molecule has 0 aromatic heterocycles. The van der Waals surface area contributed by atoms with Crippen LogP contribution in [-0.4, -0.2) is 68.5 Å². The van der Waals surface area contributed by atoms with Crippen LogP contribution in [0.1, 0.15) is 20.3 Å². The number of morpholine rings is 1. The third kappa shape index (κ3) is 2.85. The third-order valence-electron chi connectivity index (χ3n) is 3.62. The first-order valence-corrected chi connectivity index (χ1v) is 7.90. The predicted octanol–water partition coefficient (Wildman–Crippen LogP) is -0.366. The quantitative estimate of drug-likeness (QED) is 0.765. The minimum absolute atomic E-state index is 0.0429. The summed E-state index contributed by atoms with van der Waals surface area (Å²) >= 11 is 0. The van der Waals surface area contributed by atoms with Gasteiger partial charge in [-0.05, 0) is 26.8 Å². The van der Waals surface area contributed by atoms with Crippen molar-refractivity contribution in [2.45, 2.75) is 38.5 Å². The molecule has 2 heterocycles. The Hall–Kier alpha value is -0.210. The van der Waals surface area contributed by atoms with Crippen molar-refractivity contribution in [2.75, 3.05) is 33.2 Å². The second kappa shape index (κ2) is 5.42. The lowest BCUT2D eigenvalue weighted by Crippen LogP contribution is -2.54.